The number of H-pyrrole nitrogens is 1. The maximum absolute atomic E-state index is 9.89. The molecule has 0 amide bonds. The van der Waals surface area contributed by atoms with Gasteiger partial charge in [-0.05, 0) is 20.8 Å². The number of nitrogens with zero attached hydrogens (tertiary/aromatic N) is 2. The fourth-order valence-electron chi connectivity index (χ4n) is 2.20. The average Bonchev–Trinajstić information content (AvgIpc) is 2.74. The van der Waals surface area contributed by atoms with Gasteiger partial charge in [0, 0.05) is 25.0 Å². The van der Waals surface area contributed by atoms with Crippen molar-refractivity contribution in [2.75, 3.05) is 13.1 Å². The van der Waals surface area contributed by atoms with Gasteiger partial charge >= 0.3 is 0 Å². The van der Waals surface area contributed by atoms with Crippen LogP contribution < -0.4 is 0 Å². The highest BCUT2D eigenvalue weighted by atomic mass is 16.5. The Kier molecular flexibility index (Phi) is 3.81. The van der Waals surface area contributed by atoms with Crippen LogP contribution in [0.15, 0.2) is 6.20 Å². The molecule has 17 heavy (non-hydrogen) atoms. The third-order valence-electron chi connectivity index (χ3n) is 2.89. The highest BCUT2D eigenvalue weighted by Gasteiger charge is 2.32. The topological polar surface area (TPSA) is 61.4 Å². The molecule has 0 bridgehead atoms. The first-order valence-corrected chi connectivity index (χ1v) is 6.11. The van der Waals surface area contributed by atoms with Gasteiger partial charge in [0.1, 0.15) is 5.82 Å². The Labute approximate surface area is 102 Å². The summed E-state index contributed by atoms with van der Waals surface area (Å²) >= 11 is 0. The summed E-state index contributed by atoms with van der Waals surface area (Å²) in [5.74, 6) is 0.944. The van der Waals surface area contributed by atoms with E-state index < -0.39 is 6.10 Å². The average molecular weight is 239 g/mol. The van der Waals surface area contributed by atoms with Crippen LogP contribution in [-0.2, 0) is 11.3 Å². The Bertz CT molecular complexity index is 364. The number of nitrogens with one attached hydrogen (secondary N) is 1. The van der Waals surface area contributed by atoms with Crippen LogP contribution in [0.25, 0.3) is 0 Å². The molecule has 2 N–H and O–H groups in total. The van der Waals surface area contributed by atoms with Gasteiger partial charge in [-0.15, -0.1) is 0 Å². The summed E-state index contributed by atoms with van der Waals surface area (Å²) in [6.07, 6.45) is 1.50. The van der Waals surface area contributed by atoms with Crippen molar-refractivity contribution in [1.82, 2.24) is 14.9 Å². The smallest absolute Gasteiger partial charge is 0.120 e. The molecule has 0 unspecified atom stereocenters. The van der Waals surface area contributed by atoms with Gasteiger partial charge in [0.2, 0.25) is 0 Å². The lowest BCUT2D eigenvalue weighted by Crippen LogP contribution is -2.29. The second kappa shape index (κ2) is 5.16. The van der Waals surface area contributed by atoms with Crippen molar-refractivity contribution in [2.24, 2.45) is 0 Å². The van der Waals surface area contributed by atoms with Crippen LogP contribution >= 0.6 is 0 Å². The molecule has 0 radical (unpaired) electrons. The molecule has 2 atom stereocenters. The molecule has 0 saturated carbocycles. The first-order chi connectivity index (χ1) is 8.04. The Balaban J connectivity index is 1.88. The van der Waals surface area contributed by atoms with E-state index in [9.17, 15) is 5.11 Å². The first-order valence-electron chi connectivity index (χ1n) is 6.11. The number of aliphatic hydroxyl groups is 1. The van der Waals surface area contributed by atoms with E-state index in [2.05, 4.69) is 14.9 Å². The summed E-state index contributed by atoms with van der Waals surface area (Å²) in [5, 5.41) is 9.89. The van der Waals surface area contributed by atoms with Gasteiger partial charge in [0.25, 0.3) is 0 Å². The number of hydrogen-bond acceptors (Lipinski definition) is 4. The van der Waals surface area contributed by atoms with Crippen LogP contribution in [-0.4, -0.2) is 51.4 Å². The van der Waals surface area contributed by atoms with Crippen molar-refractivity contribution >= 4 is 0 Å². The molecule has 0 spiro atoms. The van der Waals surface area contributed by atoms with Gasteiger partial charge in [0.15, 0.2) is 0 Å². The zero-order chi connectivity index (χ0) is 12.4. The highest BCUT2D eigenvalue weighted by Crippen LogP contribution is 2.17. The van der Waals surface area contributed by atoms with E-state index in [4.69, 9.17) is 4.74 Å². The second-order valence-corrected chi connectivity index (χ2v) is 5.00. The molecule has 1 fully saturated rings. The summed E-state index contributed by atoms with van der Waals surface area (Å²) in [5.41, 5.74) is 1.06. The minimum Gasteiger partial charge on any atom is -0.389 e. The summed E-state index contributed by atoms with van der Waals surface area (Å²) in [4.78, 5) is 9.63. The van der Waals surface area contributed by atoms with Crippen molar-refractivity contribution in [3.8, 4) is 0 Å². The Morgan fingerprint density at radius 2 is 2.35 bits per heavy atom. The van der Waals surface area contributed by atoms with Gasteiger partial charge in [-0.1, -0.05) is 0 Å². The largest absolute Gasteiger partial charge is 0.389 e. The van der Waals surface area contributed by atoms with Gasteiger partial charge < -0.3 is 14.8 Å². The van der Waals surface area contributed by atoms with Crippen molar-refractivity contribution in [2.45, 2.75) is 45.6 Å². The van der Waals surface area contributed by atoms with Crippen LogP contribution in [0, 0.1) is 6.92 Å². The number of ether oxygens (including phenoxy) is 1. The van der Waals surface area contributed by atoms with E-state index in [0.29, 0.717) is 6.54 Å². The molecule has 0 aromatic carbocycles. The Morgan fingerprint density at radius 1 is 1.59 bits per heavy atom. The van der Waals surface area contributed by atoms with E-state index in [1.807, 2.05) is 27.0 Å². The number of imidazole rings is 1. The number of β-amino-alcohol motifs (C(OH)–C–C–N with tert-alkyl or cyclic N) is 1. The van der Waals surface area contributed by atoms with Crippen molar-refractivity contribution in [1.29, 1.82) is 0 Å². The number of aromatic amines is 1. The standard InChI is InChI=1S/C12H21N3O2/c1-8(2)17-11-6-15(5-10(11)16)7-12-13-4-9(3)14-12/h4,8,10-11,16H,5-7H2,1-3H3,(H,13,14)/t10-,11-/m0/s1. The number of aliphatic hydroxyl groups excluding tert-OH is 1. The molecule has 1 saturated heterocycles. The summed E-state index contributed by atoms with van der Waals surface area (Å²) in [6, 6.07) is 0. The molecule has 1 aromatic heterocycles. The maximum Gasteiger partial charge on any atom is 0.120 e. The van der Waals surface area contributed by atoms with Crippen molar-refractivity contribution in [3.05, 3.63) is 17.7 Å². The van der Waals surface area contributed by atoms with Crippen molar-refractivity contribution in [3.63, 3.8) is 0 Å². The highest BCUT2D eigenvalue weighted by molar-refractivity contribution is 4.99. The molecule has 5 nitrogen and oxygen atoms in total. The lowest BCUT2D eigenvalue weighted by molar-refractivity contribution is -0.0396. The summed E-state index contributed by atoms with van der Waals surface area (Å²) in [7, 11) is 0. The normalized spacial score (nSPS) is 25.9. The lowest BCUT2D eigenvalue weighted by Gasteiger charge is -2.17. The molecule has 96 valence electrons. The zero-order valence-electron chi connectivity index (χ0n) is 10.7. The van der Waals surface area contributed by atoms with E-state index in [-0.39, 0.29) is 12.2 Å². The Hall–Kier alpha value is -0.910. The Morgan fingerprint density at radius 3 is 2.94 bits per heavy atom. The molecule has 1 aliphatic rings. The quantitative estimate of drug-likeness (QED) is 0.811. The van der Waals surface area contributed by atoms with Gasteiger partial charge in [0.05, 0.1) is 24.9 Å². The van der Waals surface area contributed by atoms with Crippen LogP contribution in [0.4, 0.5) is 0 Å². The van der Waals surface area contributed by atoms with Gasteiger partial charge in [-0.2, -0.15) is 0 Å². The number of likely N-dealkylation sites (tertiary alicyclic amines) is 1. The van der Waals surface area contributed by atoms with Crippen LogP contribution in [0.5, 0.6) is 0 Å². The molecular formula is C12H21N3O2. The minimum absolute atomic E-state index is 0.0777. The number of aromatic nitrogens is 2. The van der Waals surface area contributed by atoms with E-state index in [0.717, 1.165) is 24.6 Å². The zero-order valence-corrected chi connectivity index (χ0v) is 10.7. The minimum atomic E-state index is -0.395. The predicted octanol–water partition coefficient (Wildman–Crippen LogP) is 0.688. The van der Waals surface area contributed by atoms with E-state index >= 15 is 0 Å². The van der Waals surface area contributed by atoms with Crippen molar-refractivity contribution < 1.29 is 9.84 Å². The SMILES string of the molecule is Cc1cnc(CN2C[C@H](OC(C)C)[C@@H](O)C2)[nH]1. The maximum atomic E-state index is 9.89. The lowest BCUT2D eigenvalue weighted by atomic mass is 10.2. The third-order valence-corrected chi connectivity index (χ3v) is 2.89. The molecular weight excluding hydrogens is 218 g/mol. The fraction of sp³-hybridized carbons (Fsp3) is 0.750. The monoisotopic (exact) mass is 239 g/mol. The molecule has 2 rings (SSSR count). The van der Waals surface area contributed by atoms with E-state index in [1.165, 1.54) is 0 Å². The second-order valence-electron chi connectivity index (χ2n) is 5.00. The molecule has 1 aromatic rings. The molecule has 1 aliphatic heterocycles. The number of rotatable bonds is 4. The first kappa shape index (κ1) is 12.5. The van der Waals surface area contributed by atoms with Gasteiger partial charge in [-0.3, -0.25) is 4.90 Å². The third kappa shape index (κ3) is 3.28. The van der Waals surface area contributed by atoms with E-state index in [1.54, 1.807) is 0 Å². The number of hydrogen-bond donors (Lipinski definition) is 2. The summed E-state index contributed by atoms with van der Waals surface area (Å²) < 4.78 is 5.67. The van der Waals surface area contributed by atoms with Crippen LogP contribution in [0.2, 0.25) is 0 Å². The number of aryl methyl sites for hydroxylation is 1. The van der Waals surface area contributed by atoms with Gasteiger partial charge in [-0.25, -0.2) is 4.98 Å². The molecule has 2 heterocycles. The molecule has 5 heteroatoms. The van der Waals surface area contributed by atoms with Crippen LogP contribution in [0.1, 0.15) is 25.4 Å². The van der Waals surface area contributed by atoms with Crippen LogP contribution in [0.3, 0.4) is 0 Å². The fourth-order valence-corrected chi connectivity index (χ4v) is 2.20. The molecule has 0 aliphatic carbocycles. The predicted molar refractivity (Wildman–Crippen MR) is 64.6 cm³/mol. The summed E-state index contributed by atoms with van der Waals surface area (Å²) in [6.45, 7) is 8.12.